The highest BCUT2D eigenvalue weighted by Gasteiger charge is 2.42. The van der Waals surface area contributed by atoms with Crippen molar-refractivity contribution in [3.63, 3.8) is 0 Å². The molecule has 0 radical (unpaired) electrons. The van der Waals surface area contributed by atoms with Crippen LogP contribution in [-0.4, -0.2) is 46.7 Å². The first-order chi connectivity index (χ1) is 12.1. The summed E-state index contributed by atoms with van der Waals surface area (Å²) in [7, 11) is 0. The molecule has 0 bridgehead atoms. The van der Waals surface area contributed by atoms with Crippen molar-refractivity contribution in [3.8, 4) is 5.75 Å². The molecule has 0 unspecified atom stereocenters. The van der Waals surface area contributed by atoms with Crippen molar-refractivity contribution in [2.75, 3.05) is 12.3 Å². The van der Waals surface area contributed by atoms with Crippen molar-refractivity contribution in [1.82, 2.24) is 16.0 Å². The summed E-state index contributed by atoms with van der Waals surface area (Å²) in [5, 5.41) is 18.6. The Hall–Kier alpha value is -1.89. The number of thioether (sulfide) groups is 1. The van der Waals surface area contributed by atoms with E-state index in [1.807, 2.05) is 23.9 Å². The number of unbranched alkanes of at least 4 members (excludes halogenated alkanes) is 1. The molecule has 3 rings (SSSR count). The van der Waals surface area contributed by atoms with Gasteiger partial charge in [0.05, 0.1) is 12.1 Å². The molecule has 1 aromatic carbocycles. The fourth-order valence-corrected chi connectivity index (χ4v) is 4.91. The van der Waals surface area contributed by atoms with Gasteiger partial charge >= 0.3 is 6.03 Å². The van der Waals surface area contributed by atoms with Gasteiger partial charge in [-0.2, -0.15) is 11.8 Å². The molecular formula is C18H25N3O3S. The standard InChI is InChI=1S/C18H25N3O3S/c22-13-7-5-12(6-8-13)9-10-19-16(23)4-2-1-3-15-17-14(11-25-15)20-18(24)21-17/h5-8,14-15,17,22H,1-4,9-11H2,(H,19,23)(H2,20,21,24)/t14-,15-,17-/m0/s1. The Morgan fingerprint density at radius 3 is 2.84 bits per heavy atom. The smallest absolute Gasteiger partial charge is 0.315 e. The molecule has 0 spiro atoms. The Kier molecular flexibility index (Phi) is 6.07. The first-order valence-electron chi connectivity index (χ1n) is 8.85. The summed E-state index contributed by atoms with van der Waals surface area (Å²) < 4.78 is 0. The van der Waals surface area contributed by atoms with E-state index >= 15 is 0 Å². The van der Waals surface area contributed by atoms with Crippen LogP contribution in [0.5, 0.6) is 5.75 Å². The Morgan fingerprint density at radius 1 is 1.24 bits per heavy atom. The normalized spacial score (nSPS) is 24.5. The number of amides is 3. The van der Waals surface area contributed by atoms with Crippen LogP contribution in [0, 0.1) is 0 Å². The number of carbonyl (C=O) groups is 2. The molecule has 2 aliphatic heterocycles. The highest BCUT2D eigenvalue weighted by molar-refractivity contribution is 8.00. The molecule has 2 saturated heterocycles. The topological polar surface area (TPSA) is 90.5 Å². The third-order valence-corrected chi connectivity index (χ3v) is 6.26. The number of hydrogen-bond donors (Lipinski definition) is 4. The van der Waals surface area contributed by atoms with E-state index in [4.69, 9.17) is 0 Å². The molecule has 0 aliphatic carbocycles. The van der Waals surface area contributed by atoms with Crippen LogP contribution in [0.4, 0.5) is 4.79 Å². The first-order valence-corrected chi connectivity index (χ1v) is 9.90. The summed E-state index contributed by atoms with van der Waals surface area (Å²) in [5.41, 5.74) is 1.10. The maximum absolute atomic E-state index is 11.9. The lowest BCUT2D eigenvalue weighted by Crippen LogP contribution is -2.36. The Labute approximate surface area is 152 Å². The van der Waals surface area contributed by atoms with E-state index in [9.17, 15) is 14.7 Å². The molecule has 4 N–H and O–H groups in total. The van der Waals surface area contributed by atoms with Gasteiger partial charge in [0.15, 0.2) is 0 Å². The number of aromatic hydroxyl groups is 1. The van der Waals surface area contributed by atoms with E-state index in [1.165, 1.54) is 0 Å². The molecule has 136 valence electrons. The zero-order chi connectivity index (χ0) is 17.6. The summed E-state index contributed by atoms with van der Waals surface area (Å²) in [4.78, 5) is 23.2. The number of hydrogen-bond acceptors (Lipinski definition) is 4. The largest absolute Gasteiger partial charge is 0.508 e. The molecule has 6 nitrogen and oxygen atoms in total. The average molecular weight is 363 g/mol. The third kappa shape index (κ3) is 5.04. The van der Waals surface area contributed by atoms with Crippen molar-refractivity contribution in [3.05, 3.63) is 29.8 Å². The lowest BCUT2D eigenvalue weighted by atomic mass is 10.0. The summed E-state index contributed by atoms with van der Waals surface area (Å²) in [5.74, 6) is 1.32. The highest BCUT2D eigenvalue weighted by atomic mass is 32.2. The monoisotopic (exact) mass is 363 g/mol. The van der Waals surface area contributed by atoms with Gasteiger partial charge in [-0.15, -0.1) is 0 Å². The van der Waals surface area contributed by atoms with Crippen LogP contribution >= 0.6 is 11.8 Å². The lowest BCUT2D eigenvalue weighted by molar-refractivity contribution is -0.121. The number of fused-ring (bicyclic) bond motifs is 1. The van der Waals surface area contributed by atoms with E-state index in [2.05, 4.69) is 16.0 Å². The molecule has 3 atom stereocenters. The number of phenolic OH excluding ortho intramolecular Hbond substituents is 1. The van der Waals surface area contributed by atoms with Gasteiger partial charge in [-0.1, -0.05) is 18.6 Å². The Balaban J connectivity index is 1.26. The van der Waals surface area contributed by atoms with Crippen molar-refractivity contribution in [2.45, 2.75) is 49.4 Å². The minimum absolute atomic E-state index is 0.0479. The minimum Gasteiger partial charge on any atom is -0.508 e. The van der Waals surface area contributed by atoms with Crippen molar-refractivity contribution < 1.29 is 14.7 Å². The second-order valence-corrected chi connectivity index (χ2v) is 7.91. The van der Waals surface area contributed by atoms with Crippen LogP contribution in [0.2, 0.25) is 0 Å². The van der Waals surface area contributed by atoms with Gasteiger partial charge in [-0.3, -0.25) is 4.79 Å². The second-order valence-electron chi connectivity index (χ2n) is 6.63. The number of rotatable bonds is 8. The van der Waals surface area contributed by atoms with Gasteiger partial charge in [0, 0.05) is 24.0 Å². The molecule has 2 heterocycles. The second kappa shape index (κ2) is 8.47. The average Bonchev–Trinajstić information content (AvgIpc) is 3.13. The quantitative estimate of drug-likeness (QED) is 0.419. The van der Waals surface area contributed by atoms with E-state index in [0.29, 0.717) is 18.2 Å². The van der Waals surface area contributed by atoms with Gasteiger partial charge in [0.1, 0.15) is 5.75 Å². The van der Waals surface area contributed by atoms with E-state index in [0.717, 1.165) is 37.0 Å². The van der Waals surface area contributed by atoms with Crippen molar-refractivity contribution >= 4 is 23.7 Å². The summed E-state index contributed by atoms with van der Waals surface area (Å²) >= 11 is 1.91. The zero-order valence-corrected chi connectivity index (χ0v) is 15.0. The highest BCUT2D eigenvalue weighted by Crippen LogP contribution is 2.33. The third-order valence-electron chi connectivity index (χ3n) is 4.75. The number of nitrogens with one attached hydrogen (secondary N) is 3. The molecular weight excluding hydrogens is 338 g/mol. The van der Waals surface area contributed by atoms with Crippen LogP contribution in [0.3, 0.4) is 0 Å². The lowest BCUT2D eigenvalue weighted by Gasteiger charge is -2.16. The first kappa shape index (κ1) is 17.9. The molecule has 1 aromatic rings. The van der Waals surface area contributed by atoms with Crippen molar-refractivity contribution in [2.24, 2.45) is 0 Å². The molecule has 0 aromatic heterocycles. The van der Waals surface area contributed by atoms with Crippen LogP contribution in [0.25, 0.3) is 0 Å². The SMILES string of the molecule is O=C(CCCC[C@@H]1SC[C@@H]2NC(=O)N[C@@H]21)NCCc1ccc(O)cc1. The van der Waals surface area contributed by atoms with Gasteiger partial charge < -0.3 is 21.1 Å². The maximum Gasteiger partial charge on any atom is 0.315 e. The summed E-state index contributed by atoms with van der Waals surface area (Å²) in [6, 6.07) is 7.52. The predicted octanol–water partition coefficient (Wildman–Crippen LogP) is 1.78. The number of phenols is 1. The van der Waals surface area contributed by atoms with Crippen LogP contribution in [0.15, 0.2) is 24.3 Å². The number of carbonyl (C=O) groups excluding carboxylic acids is 2. The molecule has 2 fully saturated rings. The van der Waals surface area contributed by atoms with Gasteiger partial charge in [0.2, 0.25) is 5.91 Å². The molecule has 0 saturated carbocycles. The fourth-order valence-electron chi connectivity index (χ4n) is 3.37. The van der Waals surface area contributed by atoms with Gasteiger partial charge in [-0.25, -0.2) is 4.79 Å². The summed E-state index contributed by atoms with van der Waals surface area (Å²) in [6.45, 7) is 0.615. The van der Waals surface area contributed by atoms with Crippen LogP contribution in [0.1, 0.15) is 31.2 Å². The van der Waals surface area contributed by atoms with Gasteiger partial charge in [-0.05, 0) is 37.0 Å². The van der Waals surface area contributed by atoms with E-state index < -0.39 is 0 Å². The predicted molar refractivity (Wildman–Crippen MR) is 98.8 cm³/mol. The Bertz CT molecular complexity index is 608. The van der Waals surface area contributed by atoms with Crippen LogP contribution in [-0.2, 0) is 11.2 Å². The van der Waals surface area contributed by atoms with Gasteiger partial charge in [0.25, 0.3) is 0 Å². The van der Waals surface area contributed by atoms with E-state index in [-0.39, 0.29) is 29.8 Å². The zero-order valence-electron chi connectivity index (χ0n) is 14.2. The van der Waals surface area contributed by atoms with E-state index in [1.54, 1.807) is 12.1 Å². The summed E-state index contributed by atoms with van der Waals surface area (Å²) in [6.07, 6.45) is 4.23. The Morgan fingerprint density at radius 2 is 2.04 bits per heavy atom. The molecule has 25 heavy (non-hydrogen) atoms. The molecule has 7 heteroatoms. The number of urea groups is 1. The number of benzene rings is 1. The fraction of sp³-hybridized carbons (Fsp3) is 0.556. The van der Waals surface area contributed by atoms with Crippen molar-refractivity contribution in [1.29, 1.82) is 0 Å². The minimum atomic E-state index is -0.0479. The van der Waals surface area contributed by atoms with Crippen LogP contribution < -0.4 is 16.0 Å². The maximum atomic E-state index is 11.9. The molecule has 2 aliphatic rings. The molecule has 3 amide bonds.